The van der Waals surface area contributed by atoms with Crippen molar-refractivity contribution in [1.29, 1.82) is 0 Å². The van der Waals surface area contributed by atoms with Crippen LogP contribution in [0.4, 0.5) is 34.1 Å². The summed E-state index contributed by atoms with van der Waals surface area (Å²) in [7, 11) is 0. The van der Waals surface area contributed by atoms with Gasteiger partial charge in [-0.05, 0) is 94.0 Å². The minimum absolute atomic E-state index is 0.145. The molecule has 8 aromatic rings. The average molecular weight is 659 g/mol. The fourth-order valence-corrected chi connectivity index (χ4v) is 8.82. The van der Waals surface area contributed by atoms with Gasteiger partial charge in [-0.15, -0.1) is 0 Å². The summed E-state index contributed by atoms with van der Waals surface area (Å²) in [6.45, 7) is 9.38. The lowest BCUT2D eigenvalue weighted by Gasteiger charge is -2.43. The summed E-state index contributed by atoms with van der Waals surface area (Å²) in [5.74, 6) is 0. The van der Waals surface area contributed by atoms with Crippen molar-refractivity contribution in [3.05, 3.63) is 180 Å². The minimum Gasteiger partial charge on any atom is -0.456 e. The molecule has 3 heteroatoms. The van der Waals surface area contributed by atoms with Crippen LogP contribution in [-0.4, -0.2) is 0 Å². The van der Waals surface area contributed by atoms with Gasteiger partial charge in [-0.25, -0.2) is 0 Å². The second kappa shape index (κ2) is 10.7. The number of furan rings is 1. The molecule has 0 radical (unpaired) electrons. The number of anilines is 6. The second-order valence-corrected chi connectivity index (χ2v) is 15.0. The molecule has 51 heavy (non-hydrogen) atoms. The molecule has 0 bridgehead atoms. The first-order valence-electron chi connectivity index (χ1n) is 17.9. The molecular formula is C48H38N2O. The van der Waals surface area contributed by atoms with Crippen LogP contribution in [0.2, 0.25) is 0 Å². The molecule has 2 aliphatic rings. The Kier molecular flexibility index (Phi) is 6.27. The van der Waals surface area contributed by atoms with Crippen LogP contribution in [0.15, 0.2) is 162 Å². The molecule has 0 saturated carbocycles. The first kappa shape index (κ1) is 29.8. The molecule has 10 rings (SSSR count). The second-order valence-electron chi connectivity index (χ2n) is 15.0. The predicted octanol–water partition coefficient (Wildman–Crippen LogP) is 13.5. The molecule has 0 atom stereocenters. The first-order valence-corrected chi connectivity index (χ1v) is 17.9. The molecule has 3 nitrogen and oxygen atoms in total. The van der Waals surface area contributed by atoms with Gasteiger partial charge in [0.15, 0.2) is 0 Å². The summed E-state index contributed by atoms with van der Waals surface area (Å²) < 4.78 is 6.26. The van der Waals surface area contributed by atoms with Gasteiger partial charge in [0.1, 0.15) is 11.2 Å². The van der Waals surface area contributed by atoms with Crippen LogP contribution < -0.4 is 9.80 Å². The number of benzene rings is 7. The third-order valence-corrected chi connectivity index (χ3v) is 11.4. The van der Waals surface area contributed by atoms with E-state index in [1.807, 2.05) is 12.1 Å². The Balaban J connectivity index is 1.27. The van der Waals surface area contributed by atoms with Crippen LogP contribution in [0.25, 0.3) is 33.1 Å². The Bertz CT molecular complexity index is 2450. The van der Waals surface area contributed by atoms with Gasteiger partial charge in [0.05, 0.1) is 22.7 Å². The van der Waals surface area contributed by atoms with Crippen LogP contribution >= 0.6 is 0 Å². The van der Waals surface area contributed by atoms with E-state index in [1.54, 1.807) is 0 Å². The van der Waals surface area contributed by atoms with Crippen molar-refractivity contribution >= 4 is 56.1 Å². The van der Waals surface area contributed by atoms with Gasteiger partial charge in [-0.3, -0.25) is 0 Å². The Morgan fingerprint density at radius 2 is 0.784 bits per heavy atom. The fourth-order valence-electron chi connectivity index (χ4n) is 8.82. The number of fused-ring (bicyclic) bond motifs is 7. The van der Waals surface area contributed by atoms with Crippen LogP contribution in [0.5, 0.6) is 0 Å². The first-order chi connectivity index (χ1) is 24.8. The molecular weight excluding hydrogens is 621 g/mol. The molecule has 7 aromatic carbocycles. The maximum absolute atomic E-state index is 6.26. The van der Waals surface area contributed by atoms with Gasteiger partial charge in [0.25, 0.3) is 0 Å². The molecule has 1 aromatic heterocycles. The van der Waals surface area contributed by atoms with Crippen LogP contribution in [0.3, 0.4) is 0 Å². The molecule has 2 aliphatic heterocycles. The van der Waals surface area contributed by atoms with Crippen LogP contribution in [0, 0.1) is 0 Å². The summed E-state index contributed by atoms with van der Waals surface area (Å²) in [4.78, 5) is 4.95. The monoisotopic (exact) mass is 658 g/mol. The zero-order chi connectivity index (χ0) is 34.5. The van der Waals surface area contributed by atoms with Crippen LogP contribution in [0.1, 0.15) is 49.9 Å². The fraction of sp³-hybridized carbons (Fsp3) is 0.125. The summed E-state index contributed by atoms with van der Waals surface area (Å²) in [5.41, 5.74) is 16.2. The van der Waals surface area contributed by atoms with E-state index in [2.05, 4.69) is 183 Å². The zero-order valence-electron chi connectivity index (χ0n) is 29.3. The number of nitrogens with zero attached hydrogens (tertiary/aromatic N) is 2. The topological polar surface area (TPSA) is 19.6 Å². The minimum atomic E-state index is -0.145. The van der Waals surface area contributed by atoms with Gasteiger partial charge in [-0.1, -0.05) is 125 Å². The zero-order valence-corrected chi connectivity index (χ0v) is 29.3. The molecule has 0 aliphatic carbocycles. The Labute approximate surface area is 299 Å². The lowest BCUT2D eigenvalue weighted by molar-refractivity contribution is 0.631. The highest BCUT2D eigenvalue weighted by molar-refractivity contribution is 6.06. The van der Waals surface area contributed by atoms with E-state index in [9.17, 15) is 0 Å². The van der Waals surface area contributed by atoms with Gasteiger partial charge in [-0.2, -0.15) is 0 Å². The van der Waals surface area contributed by atoms with Gasteiger partial charge in [0, 0.05) is 33.0 Å². The highest BCUT2D eigenvalue weighted by atomic mass is 16.3. The lowest BCUT2D eigenvalue weighted by atomic mass is 9.73. The lowest BCUT2D eigenvalue weighted by Crippen LogP contribution is -2.31. The van der Waals surface area contributed by atoms with E-state index >= 15 is 0 Å². The van der Waals surface area contributed by atoms with E-state index in [0.29, 0.717) is 0 Å². The molecule has 0 N–H and O–H groups in total. The van der Waals surface area contributed by atoms with E-state index < -0.39 is 0 Å². The number of rotatable bonds is 3. The number of para-hydroxylation sites is 5. The van der Waals surface area contributed by atoms with Crippen molar-refractivity contribution in [2.45, 2.75) is 38.5 Å². The number of hydrogen-bond acceptors (Lipinski definition) is 3. The van der Waals surface area contributed by atoms with E-state index in [-0.39, 0.29) is 10.8 Å². The van der Waals surface area contributed by atoms with Gasteiger partial charge >= 0.3 is 0 Å². The molecule has 0 amide bonds. The molecule has 246 valence electrons. The molecule has 0 unspecified atom stereocenters. The summed E-state index contributed by atoms with van der Waals surface area (Å²) in [6, 6.07) is 57.7. The van der Waals surface area contributed by atoms with Crippen molar-refractivity contribution in [3.8, 4) is 11.1 Å². The highest BCUT2D eigenvalue weighted by Crippen LogP contribution is 2.55. The van der Waals surface area contributed by atoms with E-state index in [1.165, 1.54) is 45.0 Å². The molecule has 0 fully saturated rings. The SMILES string of the molecule is CC1(C)c2ccccc2N(c2cc(-c3ccc4oc5ccccc5c4c3)cc(N3c4ccccc4C(C)(C)c4ccccc43)c2)c2ccccc21. The maximum atomic E-state index is 6.26. The maximum Gasteiger partial charge on any atom is 0.135 e. The van der Waals surface area contributed by atoms with Gasteiger partial charge in [0.2, 0.25) is 0 Å². The Morgan fingerprint density at radius 3 is 1.27 bits per heavy atom. The average Bonchev–Trinajstić information content (AvgIpc) is 3.53. The quantitative estimate of drug-likeness (QED) is 0.188. The van der Waals surface area contributed by atoms with Crippen molar-refractivity contribution < 1.29 is 4.42 Å². The van der Waals surface area contributed by atoms with Crippen molar-refractivity contribution in [1.82, 2.24) is 0 Å². The Hall–Kier alpha value is -6.06. The largest absolute Gasteiger partial charge is 0.456 e. The summed E-state index contributed by atoms with van der Waals surface area (Å²) >= 11 is 0. The van der Waals surface area contributed by atoms with Crippen molar-refractivity contribution in [3.63, 3.8) is 0 Å². The third-order valence-electron chi connectivity index (χ3n) is 11.4. The number of hydrogen-bond donors (Lipinski definition) is 0. The summed E-state index contributed by atoms with van der Waals surface area (Å²) in [6.07, 6.45) is 0. The third kappa shape index (κ3) is 4.31. The Morgan fingerprint density at radius 1 is 0.373 bits per heavy atom. The normalized spacial score (nSPS) is 15.3. The summed E-state index contributed by atoms with van der Waals surface area (Å²) in [5, 5.41) is 2.26. The van der Waals surface area contributed by atoms with Crippen molar-refractivity contribution in [2.24, 2.45) is 0 Å². The predicted molar refractivity (Wildman–Crippen MR) is 213 cm³/mol. The molecule has 3 heterocycles. The standard InChI is InChI=1S/C48H38N2O/c1-47(2)37-16-6-10-20-41(37)49(42-21-11-7-17-38(42)47)33-27-32(31-25-26-46-36(29-31)35-15-5-14-24-45(35)51-46)28-34(30-33)50-43-22-12-8-18-39(43)48(3,4)40-19-9-13-23-44(40)50/h5-30H,1-4H3. The van der Waals surface area contributed by atoms with Gasteiger partial charge < -0.3 is 14.2 Å². The van der Waals surface area contributed by atoms with E-state index in [4.69, 9.17) is 4.42 Å². The van der Waals surface area contributed by atoms with E-state index in [0.717, 1.165) is 44.4 Å². The highest BCUT2D eigenvalue weighted by Gasteiger charge is 2.39. The van der Waals surface area contributed by atoms with Crippen molar-refractivity contribution in [2.75, 3.05) is 9.80 Å². The molecule has 0 spiro atoms. The smallest absolute Gasteiger partial charge is 0.135 e. The molecule has 0 saturated heterocycles. The van der Waals surface area contributed by atoms with Crippen LogP contribution in [-0.2, 0) is 10.8 Å².